The van der Waals surface area contributed by atoms with Gasteiger partial charge in [-0.1, -0.05) is 31.4 Å². The second-order valence-corrected chi connectivity index (χ2v) is 7.15. The van der Waals surface area contributed by atoms with Crippen LogP contribution in [0, 0.1) is 6.92 Å². The maximum Gasteiger partial charge on any atom is 0.139 e. The molecule has 3 aromatic heterocycles. The van der Waals surface area contributed by atoms with Gasteiger partial charge in [0.1, 0.15) is 17.2 Å². The zero-order valence-corrected chi connectivity index (χ0v) is 13.7. The van der Waals surface area contributed by atoms with Gasteiger partial charge in [-0.25, -0.2) is 4.98 Å². The van der Waals surface area contributed by atoms with E-state index in [0.29, 0.717) is 6.04 Å². The van der Waals surface area contributed by atoms with Gasteiger partial charge >= 0.3 is 0 Å². The predicted octanol–water partition coefficient (Wildman–Crippen LogP) is 5.12. The van der Waals surface area contributed by atoms with Crippen LogP contribution in [-0.4, -0.2) is 15.4 Å². The highest BCUT2D eigenvalue weighted by atomic mass is 32.1. The van der Waals surface area contributed by atoms with Gasteiger partial charge in [0.05, 0.1) is 4.88 Å². The number of aryl methyl sites for hydroxylation is 1. The molecule has 1 saturated carbocycles. The highest BCUT2D eigenvalue weighted by Crippen LogP contribution is 2.34. The Morgan fingerprint density at radius 2 is 2.05 bits per heavy atom. The molecule has 0 saturated heterocycles. The highest BCUT2D eigenvalue weighted by molar-refractivity contribution is 7.13. The van der Waals surface area contributed by atoms with Gasteiger partial charge in [-0.15, -0.1) is 11.3 Å². The van der Waals surface area contributed by atoms with Gasteiger partial charge < -0.3 is 5.32 Å². The van der Waals surface area contributed by atoms with Gasteiger partial charge in [-0.3, -0.25) is 4.40 Å². The molecular formula is C18H21N3S. The van der Waals surface area contributed by atoms with Crippen LogP contribution in [0.5, 0.6) is 0 Å². The quantitative estimate of drug-likeness (QED) is 0.728. The number of hydrogen-bond donors (Lipinski definition) is 1. The van der Waals surface area contributed by atoms with E-state index in [4.69, 9.17) is 4.98 Å². The Hall–Kier alpha value is -1.81. The lowest BCUT2D eigenvalue weighted by atomic mass is 9.95. The molecule has 0 unspecified atom stereocenters. The van der Waals surface area contributed by atoms with Crippen molar-refractivity contribution < 1.29 is 0 Å². The molecule has 1 aliphatic carbocycles. The van der Waals surface area contributed by atoms with E-state index in [1.807, 2.05) is 0 Å². The summed E-state index contributed by atoms with van der Waals surface area (Å²) in [5.41, 5.74) is 3.37. The van der Waals surface area contributed by atoms with Crippen molar-refractivity contribution in [3.8, 4) is 10.6 Å². The smallest absolute Gasteiger partial charge is 0.139 e. The Balaban J connectivity index is 1.81. The maximum absolute atomic E-state index is 4.87. The van der Waals surface area contributed by atoms with Crippen LogP contribution in [0.2, 0.25) is 0 Å². The summed E-state index contributed by atoms with van der Waals surface area (Å²) < 4.78 is 2.22. The lowest BCUT2D eigenvalue weighted by molar-refractivity contribution is 0.462. The Kier molecular flexibility index (Phi) is 3.62. The summed E-state index contributed by atoms with van der Waals surface area (Å²) in [6, 6.07) is 9.07. The second-order valence-electron chi connectivity index (χ2n) is 6.20. The third-order valence-electron chi connectivity index (χ3n) is 4.47. The van der Waals surface area contributed by atoms with E-state index >= 15 is 0 Å². The number of nitrogens with one attached hydrogen (secondary N) is 1. The number of hydrogen-bond acceptors (Lipinski definition) is 3. The molecule has 0 atom stereocenters. The first-order chi connectivity index (χ1) is 10.8. The van der Waals surface area contributed by atoms with Crippen molar-refractivity contribution in [1.29, 1.82) is 0 Å². The van der Waals surface area contributed by atoms with E-state index < -0.39 is 0 Å². The number of anilines is 1. The summed E-state index contributed by atoms with van der Waals surface area (Å²) in [6.45, 7) is 2.13. The zero-order chi connectivity index (χ0) is 14.9. The van der Waals surface area contributed by atoms with Crippen LogP contribution < -0.4 is 5.32 Å². The maximum atomic E-state index is 4.87. The summed E-state index contributed by atoms with van der Waals surface area (Å²) in [5, 5.41) is 5.92. The van der Waals surface area contributed by atoms with Crippen molar-refractivity contribution in [2.24, 2.45) is 0 Å². The molecule has 1 fully saturated rings. The minimum Gasteiger partial charge on any atom is -0.367 e. The number of aromatic nitrogens is 2. The van der Waals surface area contributed by atoms with Crippen LogP contribution >= 0.6 is 11.3 Å². The molecular weight excluding hydrogens is 290 g/mol. The number of thiophene rings is 1. The van der Waals surface area contributed by atoms with E-state index in [0.717, 1.165) is 17.2 Å². The Morgan fingerprint density at radius 1 is 1.18 bits per heavy atom. The standard InChI is InChI=1S/C18H21N3S/c1-13-9-10-16-20-17(15-8-5-11-22-15)18(21(16)12-13)19-14-6-3-2-4-7-14/h5,8-12,14,19H,2-4,6-7H2,1H3. The van der Waals surface area contributed by atoms with Crippen molar-refractivity contribution >= 4 is 22.8 Å². The Labute approximate surface area is 135 Å². The van der Waals surface area contributed by atoms with Crippen LogP contribution in [0.25, 0.3) is 16.2 Å². The van der Waals surface area contributed by atoms with Gasteiger partial charge in [-0.05, 0) is 42.8 Å². The predicted molar refractivity (Wildman–Crippen MR) is 93.7 cm³/mol. The minimum absolute atomic E-state index is 0.577. The van der Waals surface area contributed by atoms with Crippen LogP contribution in [0.1, 0.15) is 37.7 Å². The highest BCUT2D eigenvalue weighted by Gasteiger charge is 2.20. The molecule has 1 N–H and O–H groups in total. The minimum atomic E-state index is 0.577. The fourth-order valence-corrected chi connectivity index (χ4v) is 4.03. The van der Waals surface area contributed by atoms with E-state index in [1.54, 1.807) is 11.3 Å². The molecule has 114 valence electrons. The molecule has 22 heavy (non-hydrogen) atoms. The number of nitrogens with zero attached hydrogens (tertiary/aromatic N) is 2. The lowest BCUT2D eigenvalue weighted by Gasteiger charge is -2.24. The summed E-state index contributed by atoms with van der Waals surface area (Å²) in [7, 11) is 0. The second kappa shape index (κ2) is 5.76. The van der Waals surface area contributed by atoms with Crippen molar-refractivity contribution in [3.05, 3.63) is 41.4 Å². The van der Waals surface area contributed by atoms with Crippen LogP contribution in [-0.2, 0) is 0 Å². The summed E-state index contributed by atoms with van der Waals surface area (Å²) in [6.07, 6.45) is 8.77. The first kappa shape index (κ1) is 13.8. The Morgan fingerprint density at radius 3 is 2.82 bits per heavy atom. The molecule has 1 aliphatic rings. The zero-order valence-electron chi connectivity index (χ0n) is 12.9. The largest absolute Gasteiger partial charge is 0.367 e. The van der Waals surface area contributed by atoms with Crippen molar-refractivity contribution in [2.45, 2.75) is 45.1 Å². The third kappa shape index (κ3) is 2.52. The topological polar surface area (TPSA) is 29.3 Å². The molecule has 3 heterocycles. The molecule has 4 rings (SSSR count). The number of pyridine rings is 1. The average molecular weight is 311 g/mol. The lowest BCUT2D eigenvalue weighted by Crippen LogP contribution is -2.23. The van der Waals surface area contributed by atoms with Gasteiger partial charge in [0.15, 0.2) is 0 Å². The van der Waals surface area contributed by atoms with Crippen LogP contribution in [0.4, 0.5) is 5.82 Å². The van der Waals surface area contributed by atoms with Crippen molar-refractivity contribution in [3.63, 3.8) is 0 Å². The molecule has 0 spiro atoms. The molecule has 4 heteroatoms. The Bertz CT molecular complexity index is 767. The monoisotopic (exact) mass is 311 g/mol. The average Bonchev–Trinajstić information content (AvgIpc) is 3.17. The summed E-state index contributed by atoms with van der Waals surface area (Å²) >= 11 is 1.76. The molecule has 0 aromatic carbocycles. The van der Waals surface area contributed by atoms with E-state index in [9.17, 15) is 0 Å². The SMILES string of the molecule is Cc1ccc2nc(-c3cccs3)c(NC3CCCCC3)n2c1. The summed E-state index contributed by atoms with van der Waals surface area (Å²) in [4.78, 5) is 6.11. The first-order valence-corrected chi connectivity index (χ1v) is 8.98. The normalized spacial score (nSPS) is 16.2. The number of imidazole rings is 1. The molecule has 0 aliphatic heterocycles. The van der Waals surface area contributed by atoms with Crippen LogP contribution in [0.15, 0.2) is 35.8 Å². The van der Waals surface area contributed by atoms with E-state index in [1.165, 1.54) is 42.5 Å². The van der Waals surface area contributed by atoms with Gasteiger partial charge in [0, 0.05) is 12.2 Å². The third-order valence-corrected chi connectivity index (χ3v) is 5.34. The van der Waals surface area contributed by atoms with Crippen molar-refractivity contribution in [2.75, 3.05) is 5.32 Å². The molecule has 0 amide bonds. The van der Waals surface area contributed by atoms with E-state index in [-0.39, 0.29) is 0 Å². The molecule has 3 aromatic rings. The van der Waals surface area contributed by atoms with Gasteiger partial charge in [-0.2, -0.15) is 0 Å². The van der Waals surface area contributed by atoms with Gasteiger partial charge in [0.2, 0.25) is 0 Å². The summed E-state index contributed by atoms with van der Waals surface area (Å²) in [5.74, 6) is 1.16. The molecule has 0 bridgehead atoms. The number of fused-ring (bicyclic) bond motifs is 1. The fourth-order valence-electron chi connectivity index (χ4n) is 3.31. The molecule has 0 radical (unpaired) electrons. The first-order valence-electron chi connectivity index (χ1n) is 8.10. The fraction of sp³-hybridized carbons (Fsp3) is 0.389. The number of rotatable bonds is 3. The molecule has 3 nitrogen and oxygen atoms in total. The van der Waals surface area contributed by atoms with Crippen molar-refractivity contribution in [1.82, 2.24) is 9.38 Å². The van der Waals surface area contributed by atoms with E-state index in [2.05, 4.69) is 52.5 Å². The van der Waals surface area contributed by atoms with Gasteiger partial charge in [0.25, 0.3) is 0 Å². The van der Waals surface area contributed by atoms with Crippen LogP contribution in [0.3, 0.4) is 0 Å².